The molecule has 126 valence electrons. The highest BCUT2D eigenvalue weighted by atomic mass is 19.4. The minimum Gasteiger partial charge on any atom is -0.497 e. The third-order valence-electron chi connectivity index (χ3n) is 3.74. The van der Waals surface area contributed by atoms with Gasteiger partial charge in [-0.05, 0) is 29.8 Å². The highest BCUT2D eigenvalue weighted by Crippen LogP contribution is 2.33. The lowest BCUT2D eigenvalue weighted by atomic mass is 10.1. The van der Waals surface area contributed by atoms with Crippen molar-refractivity contribution >= 4 is 11.0 Å². The lowest BCUT2D eigenvalue weighted by Gasteiger charge is -2.16. The zero-order valence-corrected chi connectivity index (χ0v) is 12.8. The van der Waals surface area contributed by atoms with E-state index in [4.69, 9.17) is 4.74 Å². The Balaban J connectivity index is 2.02. The first-order chi connectivity index (χ1) is 11.4. The zero-order valence-electron chi connectivity index (χ0n) is 12.8. The summed E-state index contributed by atoms with van der Waals surface area (Å²) in [5.74, 6) is -0.497. The lowest BCUT2D eigenvalue weighted by Crippen LogP contribution is -2.18. The fourth-order valence-electron chi connectivity index (χ4n) is 2.60. The molecule has 0 radical (unpaired) electrons. The minimum absolute atomic E-state index is 0.239. The van der Waals surface area contributed by atoms with Gasteiger partial charge in [0.05, 0.1) is 30.8 Å². The van der Waals surface area contributed by atoms with Gasteiger partial charge >= 0.3 is 6.18 Å². The Bertz CT molecular complexity index is 858. The van der Waals surface area contributed by atoms with Gasteiger partial charge in [0.15, 0.2) is 0 Å². The van der Waals surface area contributed by atoms with Crippen molar-refractivity contribution in [1.29, 1.82) is 0 Å². The molecule has 3 aromatic rings. The number of rotatable bonds is 4. The molecular weight excluding hydrogens is 321 g/mol. The number of ether oxygens (including phenoxy) is 1. The van der Waals surface area contributed by atoms with E-state index < -0.39 is 18.1 Å². The van der Waals surface area contributed by atoms with Crippen LogP contribution in [0.3, 0.4) is 0 Å². The van der Waals surface area contributed by atoms with Crippen LogP contribution in [0.4, 0.5) is 13.2 Å². The van der Waals surface area contributed by atoms with Crippen molar-refractivity contribution in [1.82, 2.24) is 9.55 Å². The molecule has 24 heavy (non-hydrogen) atoms. The van der Waals surface area contributed by atoms with Crippen LogP contribution in [0.1, 0.15) is 17.5 Å². The Kier molecular flexibility index (Phi) is 4.19. The maximum atomic E-state index is 13.3. The summed E-state index contributed by atoms with van der Waals surface area (Å²) < 4.78 is 45.9. The molecule has 0 aliphatic carbocycles. The number of hydrogen-bond acceptors (Lipinski definition) is 3. The number of nitrogens with zero attached hydrogens (tertiary/aromatic N) is 2. The fourth-order valence-corrected chi connectivity index (χ4v) is 2.60. The van der Waals surface area contributed by atoms with Crippen LogP contribution in [0.15, 0.2) is 48.5 Å². The molecule has 0 bridgehead atoms. The van der Waals surface area contributed by atoms with Crippen molar-refractivity contribution in [2.75, 3.05) is 7.11 Å². The number of alkyl halides is 3. The number of aliphatic hydroxyl groups is 1. The first kappa shape index (κ1) is 16.3. The largest absolute Gasteiger partial charge is 0.497 e. The Morgan fingerprint density at radius 2 is 1.92 bits per heavy atom. The molecule has 1 N–H and O–H groups in total. The van der Waals surface area contributed by atoms with Crippen molar-refractivity contribution in [3.05, 3.63) is 59.9 Å². The van der Waals surface area contributed by atoms with E-state index in [1.165, 1.54) is 13.2 Å². The van der Waals surface area contributed by atoms with Gasteiger partial charge in [0, 0.05) is 0 Å². The summed E-state index contributed by atoms with van der Waals surface area (Å²) in [5.41, 5.74) is 1.04. The van der Waals surface area contributed by atoms with Crippen molar-refractivity contribution in [3.8, 4) is 5.75 Å². The third-order valence-corrected chi connectivity index (χ3v) is 3.74. The molecule has 1 unspecified atom stereocenters. The molecule has 0 amide bonds. The third kappa shape index (κ3) is 3.07. The van der Waals surface area contributed by atoms with Gasteiger partial charge in [0.1, 0.15) is 5.75 Å². The summed E-state index contributed by atoms with van der Waals surface area (Å²) in [6.45, 7) is -0.261. The van der Waals surface area contributed by atoms with Gasteiger partial charge in [-0.15, -0.1) is 0 Å². The van der Waals surface area contributed by atoms with Crippen LogP contribution in [0.25, 0.3) is 11.0 Å². The summed E-state index contributed by atoms with van der Waals surface area (Å²) in [6.07, 6.45) is -5.73. The second kappa shape index (κ2) is 6.16. The lowest BCUT2D eigenvalue weighted by molar-refractivity contribution is -0.147. The average molecular weight is 336 g/mol. The molecule has 4 nitrogen and oxygen atoms in total. The molecular formula is C17H15F3N2O2. The molecule has 0 fully saturated rings. The highest BCUT2D eigenvalue weighted by molar-refractivity contribution is 5.76. The van der Waals surface area contributed by atoms with Crippen LogP contribution in [0.5, 0.6) is 5.75 Å². The molecule has 0 saturated heterocycles. The molecule has 1 heterocycles. The molecule has 0 aliphatic heterocycles. The van der Waals surface area contributed by atoms with E-state index in [9.17, 15) is 18.3 Å². The van der Waals surface area contributed by atoms with E-state index in [1.54, 1.807) is 42.5 Å². The molecule has 1 atom stereocenters. The Morgan fingerprint density at radius 1 is 1.17 bits per heavy atom. The van der Waals surface area contributed by atoms with Crippen LogP contribution in [-0.4, -0.2) is 21.8 Å². The van der Waals surface area contributed by atoms with Crippen molar-refractivity contribution in [2.24, 2.45) is 0 Å². The number of methoxy groups -OCH3 is 1. The van der Waals surface area contributed by atoms with Crippen molar-refractivity contribution in [2.45, 2.75) is 18.8 Å². The van der Waals surface area contributed by atoms with Crippen LogP contribution >= 0.6 is 0 Å². The average Bonchev–Trinajstić information content (AvgIpc) is 2.94. The van der Waals surface area contributed by atoms with E-state index in [0.717, 1.165) is 4.57 Å². The number of hydrogen-bond donors (Lipinski definition) is 1. The first-order valence-electron chi connectivity index (χ1n) is 7.24. The number of aliphatic hydroxyl groups excluding tert-OH is 1. The quantitative estimate of drug-likeness (QED) is 0.788. The normalized spacial score (nSPS) is 13.2. The Morgan fingerprint density at radius 3 is 2.62 bits per heavy atom. The minimum atomic E-state index is -4.60. The van der Waals surface area contributed by atoms with Gasteiger partial charge in [-0.3, -0.25) is 0 Å². The number of aromatic nitrogens is 2. The smallest absolute Gasteiger partial charge is 0.449 e. The number of halogens is 3. The summed E-state index contributed by atoms with van der Waals surface area (Å²) >= 11 is 0. The van der Waals surface area contributed by atoms with Crippen LogP contribution in [0, 0.1) is 0 Å². The number of benzene rings is 2. The second-order valence-corrected chi connectivity index (χ2v) is 5.32. The molecule has 0 saturated carbocycles. The van der Waals surface area contributed by atoms with E-state index in [2.05, 4.69) is 4.98 Å². The van der Waals surface area contributed by atoms with Gasteiger partial charge in [0.2, 0.25) is 5.82 Å². The Labute approximate surface area is 136 Å². The number of para-hydroxylation sites is 2. The highest BCUT2D eigenvalue weighted by Gasteiger charge is 2.38. The number of fused-ring (bicyclic) bond motifs is 1. The van der Waals surface area contributed by atoms with Gasteiger partial charge in [-0.2, -0.15) is 13.2 Å². The topological polar surface area (TPSA) is 47.3 Å². The van der Waals surface area contributed by atoms with Crippen LogP contribution < -0.4 is 4.74 Å². The van der Waals surface area contributed by atoms with Gasteiger partial charge in [0.25, 0.3) is 0 Å². The van der Waals surface area contributed by atoms with Crippen LogP contribution in [-0.2, 0) is 12.7 Å². The summed E-state index contributed by atoms with van der Waals surface area (Å²) in [6, 6.07) is 12.9. The molecule has 3 rings (SSSR count). The Hall–Kier alpha value is -2.54. The first-order valence-corrected chi connectivity index (χ1v) is 7.24. The fraction of sp³-hybridized carbons (Fsp3) is 0.235. The van der Waals surface area contributed by atoms with E-state index >= 15 is 0 Å². The van der Waals surface area contributed by atoms with Gasteiger partial charge in [-0.1, -0.05) is 24.3 Å². The molecule has 0 aliphatic rings. The summed E-state index contributed by atoms with van der Waals surface area (Å²) in [4.78, 5) is 3.67. The standard InChI is InChI=1S/C17H15F3N2O2/c1-24-12-6-4-5-11(9-12)15(23)10-22-14-8-3-2-7-13(14)21-16(22)17(18,19)20/h2-9,15,23H,10H2,1H3. The maximum absolute atomic E-state index is 13.3. The van der Waals surface area contributed by atoms with Gasteiger partial charge < -0.3 is 14.4 Å². The van der Waals surface area contributed by atoms with E-state index in [0.29, 0.717) is 16.8 Å². The molecule has 2 aromatic carbocycles. The second-order valence-electron chi connectivity index (χ2n) is 5.32. The summed E-state index contributed by atoms with van der Waals surface area (Å²) in [7, 11) is 1.48. The predicted octanol–water partition coefficient (Wildman–Crippen LogP) is 3.80. The van der Waals surface area contributed by atoms with Crippen LogP contribution in [0.2, 0.25) is 0 Å². The summed E-state index contributed by atoms with van der Waals surface area (Å²) in [5, 5.41) is 10.4. The predicted molar refractivity (Wildman–Crippen MR) is 82.7 cm³/mol. The maximum Gasteiger partial charge on any atom is 0.449 e. The van der Waals surface area contributed by atoms with E-state index in [-0.39, 0.29) is 12.1 Å². The van der Waals surface area contributed by atoms with E-state index in [1.807, 2.05) is 0 Å². The number of imidazole rings is 1. The molecule has 1 aromatic heterocycles. The van der Waals surface area contributed by atoms with Crippen molar-refractivity contribution in [3.63, 3.8) is 0 Å². The van der Waals surface area contributed by atoms with Crippen molar-refractivity contribution < 1.29 is 23.0 Å². The molecule has 0 spiro atoms. The van der Waals surface area contributed by atoms with Gasteiger partial charge in [-0.25, -0.2) is 4.98 Å². The zero-order chi connectivity index (χ0) is 17.3. The molecule has 7 heteroatoms. The SMILES string of the molecule is COc1cccc(C(O)Cn2c(C(F)(F)F)nc3ccccc32)c1. The monoisotopic (exact) mass is 336 g/mol.